The minimum atomic E-state index is -0.983. The summed E-state index contributed by atoms with van der Waals surface area (Å²) in [6, 6.07) is 5.10. The first-order chi connectivity index (χ1) is 7.08. The van der Waals surface area contributed by atoms with E-state index in [1.807, 2.05) is 0 Å². The lowest BCUT2D eigenvalue weighted by atomic mass is 10.2. The first-order valence-electron chi connectivity index (χ1n) is 4.12. The van der Waals surface area contributed by atoms with Crippen LogP contribution in [0.4, 0.5) is 0 Å². The predicted octanol–water partition coefficient (Wildman–Crippen LogP) is 3.65. The fourth-order valence-electron chi connectivity index (χ4n) is 0.976. The minimum absolute atomic E-state index is 0.546. The van der Waals surface area contributed by atoms with Gasteiger partial charge in [-0.05, 0) is 23.8 Å². The van der Waals surface area contributed by atoms with Gasteiger partial charge in [-0.25, -0.2) is 4.79 Å². The average Bonchev–Trinajstić information content (AvgIpc) is 2.10. The number of carboxylic acid groups (broad SMARTS) is 1. The molecule has 1 rings (SSSR count). The molecular formula is C11H8Cl2O2. The number of carboxylic acids is 1. The highest BCUT2D eigenvalue weighted by Gasteiger charge is 1.93. The van der Waals surface area contributed by atoms with Crippen molar-refractivity contribution < 1.29 is 9.90 Å². The van der Waals surface area contributed by atoms with Crippen LogP contribution in [0, 0.1) is 0 Å². The quantitative estimate of drug-likeness (QED) is 0.649. The summed E-state index contributed by atoms with van der Waals surface area (Å²) in [7, 11) is 0. The molecule has 0 spiro atoms. The molecule has 0 saturated heterocycles. The molecule has 0 aliphatic heterocycles. The Labute approximate surface area is 97.4 Å². The van der Waals surface area contributed by atoms with Crippen LogP contribution in [-0.2, 0) is 4.79 Å². The van der Waals surface area contributed by atoms with Gasteiger partial charge in [-0.15, -0.1) is 0 Å². The van der Waals surface area contributed by atoms with Crippen LogP contribution >= 0.6 is 23.2 Å². The molecule has 1 N–H and O–H groups in total. The van der Waals surface area contributed by atoms with Gasteiger partial charge >= 0.3 is 5.97 Å². The first-order valence-corrected chi connectivity index (χ1v) is 4.87. The second-order valence-corrected chi connectivity index (χ2v) is 3.63. The third-order valence-electron chi connectivity index (χ3n) is 1.52. The van der Waals surface area contributed by atoms with Gasteiger partial charge in [0.15, 0.2) is 0 Å². The van der Waals surface area contributed by atoms with E-state index in [2.05, 4.69) is 0 Å². The molecule has 1 aromatic rings. The lowest BCUT2D eigenvalue weighted by Crippen LogP contribution is -1.84. The molecule has 0 saturated carbocycles. The van der Waals surface area contributed by atoms with E-state index in [0.29, 0.717) is 10.0 Å². The maximum Gasteiger partial charge on any atom is 0.328 e. The number of hydrogen-bond acceptors (Lipinski definition) is 1. The van der Waals surface area contributed by atoms with Crippen LogP contribution < -0.4 is 0 Å². The summed E-state index contributed by atoms with van der Waals surface area (Å²) in [6.07, 6.45) is 5.80. The molecule has 0 unspecified atom stereocenters. The van der Waals surface area contributed by atoms with Gasteiger partial charge in [-0.1, -0.05) is 41.4 Å². The third kappa shape index (κ3) is 4.68. The Bertz CT molecular complexity index is 402. The number of benzene rings is 1. The lowest BCUT2D eigenvalue weighted by Gasteiger charge is -1.95. The Balaban J connectivity index is 2.76. The Kier molecular flexibility index (Phi) is 4.40. The van der Waals surface area contributed by atoms with Gasteiger partial charge in [0.05, 0.1) is 0 Å². The van der Waals surface area contributed by atoms with Crippen molar-refractivity contribution >= 4 is 35.2 Å². The highest BCUT2D eigenvalue weighted by atomic mass is 35.5. The summed E-state index contributed by atoms with van der Waals surface area (Å²) >= 11 is 11.6. The van der Waals surface area contributed by atoms with Crippen LogP contribution in [-0.4, -0.2) is 11.1 Å². The Morgan fingerprint density at radius 3 is 2.27 bits per heavy atom. The minimum Gasteiger partial charge on any atom is -0.478 e. The second-order valence-electron chi connectivity index (χ2n) is 2.76. The molecular weight excluding hydrogens is 235 g/mol. The number of rotatable bonds is 3. The molecule has 78 valence electrons. The number of hydrogen-bond donors (Lipinski definition) is 1. The van der Waals surface area contributed by atoms with Crippen molar-refractivity contribution in [1.82, 2.24) is 0 Å². The van der Waals surface area contributed by atoms with Gasteiger partial charge in [0.1, 0.15) is 0 Å². The van der Waals surface area contributed by atoms with E-state index < -0.39 is 5.97 Å². The second kappa shape index (κ2) is 5.59. The highest BCUT2D eigenvalue weighted by molar-refractivity contribution is 6.34. The highest BCUT2D eigenvalue weighted by Crippen LogP contribution is 2.19. The summed E-state index contributed by atoms with van der Waals surface area (Å²) in [6.45, 7) is 0. The van der Waals surface area contributed by atoms with E-state index in [1.165, 1.54) is 6.08 Å². The summed E-state index contributed by atoms with van der Waals surface area (Å²) < 4.78 is 0. The zero-order chi connectivity index (χ0) is 11.3. The molecule has 0 fully saturated rings. The molecule has 0 heterocycles. The number of halogens is 2. The van der Waals surface area contributed by atoms with Gasteiger partial charge in [0.25, 0.3) is 0 Å². The van der Waals surface area contributed by atoms with Crippen molar-refractivity contribution in [3.8, 4) is 0 Å². The monoisotopic (exact) mass is 242 g/mol. The van der Waals surface area contributed by atoms with E-state index >= 15 is 0 Å². The fraction of sp³-hybridized carbons (Fsp3) is 0. The molecule has 0 aromatic heterocycles. The topological polar surface area (TPSA) is 37.3 Å². The van der Waals surface area contributed by atoms with E-state index in [4.69, 9.17) is 28.3 Å². The maximum atomic E-state index is 10.2. The Morgan fingerprint density at radius 1 is 1.13 bits per heavy atom. The third-order valence-corrected chi connectivity index (χ3v) is 1.96. The van der Waals surface area contributed by atoms with Crippen LogP contribution in [0.15, 0.2) is 36.4 Å². The predicted molar refractivity (Wildman–Crippen MR) is 62.3 cm³/mol. The Morgan fingerprint density at radius 2 is 1.73 bits per heavy atom. The molecule has 2 nitrogen and oxygen atoms in total. The molecule has 4 heteroatoms. The fourth-order valence-corrected chi connectivity index (χ4v) is 1.52. The number of allylic oxidation sites excluding steroid dienone is 2. The first kappa shape index (κ1) is 11.8. The largest absolute Gasteiger partial charge is 0.478 e. The lowest BCUT2D eigenvalue weighted by molar-refractivity contribution is -0.131. The van der Waals surface area contributed by atoms with E-state index in [1.54, 1.807) is 30.4 Å². The van der Waals surface area contributed by atoms with Gasteiger partial charge in [0, 0.05) is 16.1 Å². The van der Waals surface area contributed by atoms with Crippen LogP contribution in [0.2, 0.25) is 10.0 Å². The van der Waals surface area contributed by atoms with E-state index in [-0.39, 0.29) is 0 Å². The van der Waals surface area contributed by atoms with Gasteiger partial charge in [-0.2, -0.15) is 0 Å². The molecule has 0 atom stereocenters. The van der Waals surface area contributed by atoms with Crippen molar-refractivity contribution in [2.45, 2.75) is 0 Å². The van der Waals surface area contributed by atoms with Crippen LogP contribution in [0.5, 0.6) is 0 Å². The van der Waals surface area contributed by atoms with E-state index in [0.717, 1.165) is 11.6 Å². The van der Waals surface area contributed by atoms with Crippen LogP contribution in [0.3, 0.4) is 0 Å². The van der Waals surface area contributed by atoms with Crippen molar-refractivity contribution in [3.63, 3.8) is 0 Å². The SMILES string of the molecule is O=C(O)/C=C/C=C/c1cc(Cl)cc(Cl)c1. The Hall–Kier alpha value is -1.25. The van der Waals surface area contributed by atoms with Crippen molar-refractivity contribution in [2.24, 2.45) is 0 Å². The summed E-state index contributed by atoms with van der Waals surface area (Å²) in [5.41, 5.74) is 0.822. The molecule has 0 bridgehead atoms. The average molecular weight is 243 g/mol. The number of aliphatic carboxylic acids is 1. The maximum absolute atomic E-state index is 10.2. The standard InChI is InChI=1S/C11H8Cl2O2/c12-9-5-8(6-10(13)7-9)3-1-2-4-11(14)15/h1-7H,(H,14,15)/b3-1+,4-2+. The van der Waals surface area contributed by atoms with Gasteiger partial charge in [0.2, 0.25) is 0 Å². The van der Waals surface area contributed by atoms with E-state index in [9.17, 15) is 4.79 Å². The van der Waals surface area contributed by atoms with Crippen molar-refractivity contribution in [2.75, 3.05) is 0 Å². The molecule has 1 aromatic carbocycles. The molecule has 0 aliphatic rings. The molecule has 0 radical (unpaired) electrons. The van der Waals surface area contributed by atoms with Crippen LogP contribution in [0.1, 0.15) is 5.56 Å². The molecule has 15 heavy (non-hydrogen) atoms. The summed E-state index contributed by atoms with van der Waals surface area (Å²) in [5.74, 6) is -0.983. The zero-order valence-corrected chi connectivity index (χ0v) is 9.16. The van der Waals surface area contributed by atoms with Crippen LogP contribution in [0.25, 0.3) is 6.08 Å². The van der Waals surface area contributed by atoms with Gasteiger partial charge < -0.3 is 5.11 Å². The summed E-state index contributed by atoms with van der Waals surface area (Å²) in [5, 5.41) is 9.43. The van der Waals surface area contributed by atoms with Crippen molar-refractivity contribution in [3.05, 3.63) is 52.0 Å². The van der Waals surface area contributed by atoms with Gasteiger partial charge in [-0.3, -0.25) is 0 Å². The molecule has 0 aliphatic carbocycles. The number of carbonyl (C=O) groups is 1. The normalized spacial score (nSPS) is 11.3. The zero-order valence-electron chi connectivity index (χ0n) is 7.65. The van der Waals surface area contributed by atoms with Crippen molar-refractivity contribution in [1.29, 1.82) is 0 Å². The summed E-state index contributed by atoms with van der Waals surface area (Å²) in [4.78, 5) is 10.2. The molecule has 0 amide bonds. The smallest absolute Gasteiger partial charge is 0.328 e.